The Morgan fingerprint density at radius 3 is 2.92 bits per heavy atom. The Bertz CT molecular complexity index is 188. The molecular weight excluding hydrogens is 200 g/mol. The lowest BCUT2D eigenvalue weighted by atomic mass is 10.5. The topological polar surface area (TPSA) is 24.4 Å². The van der Waals surface area contributed by atoms with E-state index in [0.29, 0.717) is 0 Å². The molecule has 0 aliphatic rings. The lowest BCUT2D eigenvalue weighted by Crippen LogP contribution is -2.08. The monoisotopic (exact) mass is 216 g/mol. The summed E-state index contributed by atoms with van der Waals surface area (Å²) in [6.45, 7) is 6.51. The van der Waals surface area contributed by atoms with E-state index in [1.807, 2.05) is 32.2 Å². The Balaban J connectivity index is 3.65. The molecule has 13 heavy (non-hydrogen) atoms. The smallest absolute Gasteiger partial charge is 0.106 e. The van der Waals surface area contributed by atoms with Gasteiger partial charge in [0.15, 0.2) is 0 Å². The van der Waals surface area contributed by atoms with Crippen molar-refractivity contribution in [3.05, 3.63) is 23.3 Å². The molecular formula is C9H16N2S2. The van der Waals surface area contributed by atoms with E-state index < -0.39 is 0 Å². The molecule has 4 heteroatoms. The highest BCUT2D eigenvalue weighted by Gasteiger charge is 1.93. The van der Waals surface area contributed by atoms with Gasteiger partial charge in [0.05, 0.1) is 0 Å². The maximum atomic E-state index is 3.90. The summed E-state index contributed by atoms with van der Waals surface area (Å²) in [4.78, 5) is 3.90. The summed E-state index contributed by atoms with van der Waals surface area (Å²) in [6.07, 6.45) is 5.91. The third-order valence-electron chi connectivity index (χ3n) is 1.17. The van der Waals surface area contributed by atoms with E-state index in [1.165, 1.54) is 0 Å². The second-order valence-electron chi connectivity index (χ2n) is 2.20. The summed E-state index contributed by atoms with van der Waals surface area (Å²) in [7, 11) is 5.39. The van der Waals surface area contributed by atoms with E-state index in [4.69, 9.17) is 0 Å². The van der Waals surface area contributed by atoms with Crippen molar-refractivity contribution in [3.63, 3.8) is 0 Å². The molecule has 0 saturated heterocycles. The molecule has 0 heterocycles. The highest BCUT2D eigenvalue weighted by molar-refractivity contribution is 8.78. The van der Waals surface area contributed by atoms with Gasteiger partial charge in [-0.2, -0.15) is 0 Å². The van der Waals surface area contributed by atoms with Gasteiger partial charge in [-0.05, 0) is 37.6 Å². The van der Waals surface area contributed by atoms with Crippen LogP contribution in [0.2, 0.25) is 0 Å². The van der Waals surface area contributed by atoms with Crippen LogP contribution in [0.25, 0.3) is 0 Å². The third-order valence-corrected chi connectivity index (χ3v) is 3.46. The average molecular weight is 216 g/mol. The maximum absolute atomic E-state index is 3.90. The van der Waals surface area contributed by atoms with Crippen molar-refractivity contribution < 1.29 is 0 Å². The molecule has 0 rings (SSSR count). The second kappa shape index (κ2) is 9.89. The van der Waals surface area contributed by atoms with Crippen LogP contribution in [0.1, 0.15) is 6.92 Å². The van der Waals surface area contributed by atoms with E-state index in [1.54, 1.807) is 21.6 Å². The average Bonchev–Trinajstić information content (AvgIpc) is 2.17. The van der Waals surface area contributed by atoms with Crippen molar-refractivity contribution in [2.45, 2.75) is 6.92 Å². The van der Waals surface area contributed by atoms with Crippen molar-refractivity contribution >= 4 is 28.3 Å². The first kappa shape index (κ1) is 12.8. The minimum atomic E-state index is 0.958. The first-order valence-corrected chi connectivity index (χ1v) is 6.40. The Kier molecular flexibility index (Phi) is 9.75. The zero-order chi connectivity index (χ0) is 9.94. The van der Waals surface area contributed by atoms with E-state index in [2.05, 4.69) is 17.0 Å². The summed E-state index contributed by atoms with van der Waals surface area (Å²) >= 11 is 0. The quantitative estimate of drug-likeness (QED) is 0.306. The minimum absolute atomic E-state index is 0.958. The molecule has 0 unspecified atom stereocenters. The first-order chi connectivity index (χ1) is 6.35. The molecule has 0 fully saturated rings. The van der Waals surface area contributed by atoms with E-state index in [0.717, 1.165) is 17.3 Å². The fraction of sp³-hybridized carbons (Fsp3) is 0.444. The van der Waals surface area contributed by atoms with E-state index in [-0.39, 0.29) is 0 Å². The number of nitrogens with one attached hydrogen (secondary N) is 1. The number of hydrogen-bond acceptors (Lipinski definition) is 4. The van der Waals surface area contributed by atoms with Crippen LogP contribution in [-0.4, -0.2) is 26.1 Å². The molecule has 0 saturated carbocycles. The number of aliphatic imine (C=N–C) groups is 1. The molecule has 0 aromatic rings. The van der Waals surface area contributed by atoms with Gasteiger partial charge < -0.3 is 5.32 Å². The van der Waals surface area contributed by atoms with Gasteiger partial charge in [0.2, 0.25) is 0 Å². The zero-order valence-electron chi connectivity index (χ0n) is 8.12. The number of rotatable bonds is 7. The van der Waals surface area contributed by atoms with Gasteiger partial charge in [0.25, 0.3) is 0 Å². The molecule has 0 aromatic heterocycles. The Labute approximate surface area is 88.4 Å². The van der Waals surface area contributed by atoms with E-state index >= 15 is 0 Å². The number of allylic oxidation sites excluding steroid dienone is 3. The summed E-state index contributed by atoms with van der Waals surface area (Å²) in [5.74, 6) is 1.07. The third kappa shape index (κ3) is 8.15. The van der Waals surface area contributed by atoms with Crippen molar-refractivity contribution in [1.82, 2.24) is 5.32 Å². The normalized spacial score (nSPS) is 12.3. The summed E-state index contributed by atoms with van der Waals surface area (Å²) in [6, 6.07) is 0. The second-order valence-corrected chi connectivity index (χ2v) is 4.63. The molecule has 0 aliphatic carbocycles. The van der Waals surface area contributed by atoms with Gasteiger partial charge in [-0.1, -0.05) is 22.9 Å². The number of nitrogens with zero attached hydrogens (tertiary/aromatic N) is 1. The van der Waals surface area contributed by atoms with Gasteiger partial charge in [-0.15, -0.1) is 0 Å². The molecule has 1 N–H and O–H groups in total. The molecule has 0 aliphatic heterocycles. The highest BCUT2D eigenvalue weighted by Crippen LogP contribution is 2.29. The van der Waals surface area contributed by atoms with Crippen LogP contribution < -0.4 is 5.32 Å². The molecule has 2 nitrogen and oxygen atoms in total. The fourth-order valence-corrected chi connectivity index (χ4v) is 2.40. The van der Waals surface area contributed by atoms with Gasteiger partial charge >= 0.3 is 0 Å². The lowest BCUT2D eigenvalue weighted by Gasteiger charge is -1.99. The van der Waals surface area contributed by atoms with Gasteiger partial charge in [-0.3, -0.25) is 4.99 Å². The van der Waals surface area contributed by atoms with Crippen LogP contribution in [0.4, 0.5) is 0 Å². The van der Waals surface area contributed by atoms with Crippen LogP contribution in [-0.2, 0) is 0 Å². The first-order valence-electron chi connectivity index (χ1n) is 4.09. The lowest BCUT2D eigenvalue weighted by molar-refractivity contribution is 0.873. The Morgan fingerprint density at radius 2 is 2.38 bits per heavy atom. The van der Waals surface area contributed by atoms with Gasteiger partial charge in [0, 0.05) is 12.3 Å². The van der Waals surface area contributed by atoms with Crippen molar-refractivity contribution in [2.24, 2.45) is 4.99 Å². The van der Waals surface area contributed by atoms with Crippen molar-refractivity contribution in [3.8, 4) is 0 Å². The standard InChI is InChI=1S/C9H16N2S2/c1-4-5-6-9(11-3)13-12-8-7-10-2/h4-6,10H,3,7-8H2,1-2H3/b5-4-,9-6+. The van der Waals surface area contributed by atoms with Crippen molar-refractivity contribution in [1.29, 1.82) is 0 Å². The summed E-state index contributed by atoms with van der Waals surface area (Å²) < 4.78 is 0. The largest absolute Gasteiger partial charge is 0.319 e. The molecule has 0 spiro atoms. The SMILES string of the molecule is C=N/C(=C\C=C/C)SSCCNC. The Hall–Kier alpha value is -0.190. The van der Waals surface area contributed by atoms with Crippen LogP contribution >= 0.6 is 21.6 Å². The fourth-order valence-electron chi connectivity index (χ4n) is 0.531. The van der Waals surface area contributed by atoms with Crippen LogP contribution in [0.3, 0.4) is 0 Å². The van der Waals surface area contributed by atoms with Crippen LogP contribution in [0.5, 0.6) is 0 Å². The van der Waals surface area contributed by atoms with E-state index in [9.17, 15) is 0 Å². The molecule has 74 valence electrons. The highest BCUT2D eigenvalue weighted by atomic mass is 33.1. The molecule has 0 bridgehead atoms. The molecule has 0 amide bonds. The molecule has 0 radical (unpaired) electrons. The molecule has 0 atom stereocenters. The molecule has 0 aromatic carbocycles. The minimum Gasteiger partial charge on any atom is -0.319 e. The predicted molar refractivity (Wildman–Crippen MR) is 66.4 cm³/mol. The zero-order valence-corrected chi connectivity index (χ0v) is 9.75. The van der Waals surface area contributed by atoms with Gasteiger partial charge in [0.1, 0.15) is 5.03 Å². The van der Waals surface area contributed by atoms with Gasteiger partial charge in [-0.25, -0.2) is 0 Å². The summed E-state index contributed by atoms with van der Waals surface area (Å²) in [5.41, 5.74) is 0. The van der Waals surface area contributed by atoms with Crippen LogP contribution in [0, 0.1) is 0 Å². The Morgan fingerprint density at radius 1 is 1.62 bits per heavy atom. The summed E-state index contributed by atoms with van der Waals surface area (Å²) in [5, 5.41) is 4.05. The van der Waals surface area contributed by atoms with Crippen molar-refractivity contribution in [2.75, 3.05) is 19.3 Å². The maximum Gasteiger partial charge on any atom is 0.106 e. The number of hydrogen-bond donors (Lipinski definition) is 1. The van der Waals surface area contributed by atoms with Crippen LogP contribution in [0.15, 0.2) is 28.2 Å². The predicted octanol–water partition coefficient (Wildman–Crippen LogP) is 2.71.